The Kier molecular flexibility index (Phi) is 2.69. The Morgan fingerprint density at radius 2 is 1.83 bits per heavy atom. The van der Waals surface area contributed by atoms with E-state index in [1.807, 2.05) is 31.2 Å². The molecule has 0 aliphatic heterocycles. The summed E-state index contributed by atoms with van der Waals surface area (Å²) in [6.07, 6.45) is 0. The molecule has 0 atom stereocenters. The van der Waals surface area contributed by atoms with Gasteiger partial charge in [-0.3, -0.25) is 5.41 Å². The molecule has 1 aromatic rings. The quantitative estimate of drug-likeness (QED) is 0.434. The summed E-state index contributed by atoms with van der Waals surface area (Å²) >= 11 is 0. The number of aryl methyl sites for hydroxylation is 1. The third-order valence-electron chi connectivity index (χ3n) is 1.57. The summed E-state index contributed by atoms with van der Waals surface area (Å²) in [5.74, 6) is 0.304. The molecule has 64 valence electrons. The van der Waals surface area contributed by atoms with E-state index in [0.717, 1.165) is 5.69 Å². The number of nitrogens with one attached hydrogen (secondary N) is 3. The van der Waals surface area contributed by atoms with Crippen LogP contribution in [0.3, 0.4) is 0 Å². The van der Waals surface area contributed by atoms with Gasteiger partial charge in [0.2, 0.25) is 0 Å². The van der Waals surface area contributed by atoms with Crippen molar-refractivity contribution in [2.45, 2.75) is 6.92 Å². The second-order valence-electron chi connectivity index (χ2n) is 2.62. The molecule has 0 saturated heterocycles. The molecule has 0 unspecified atom stereocenters. The van der Waals surface area contributed by atoms with Crippen LogP contribution in [0.1, 0.15) is 5.56 Å². The van der Waals surface area contributed by atoms with Gasteiger partial charge in [0.1, 0.15) is 0 Å². The minimum Gasteiger partial charge on any atom is -0.359 e. The standard InChI is InChI=1S/C9H13N3/c1-7-3-5-8(6-4-7)12-9(10)11-2/h3-6H,1-2H3,(H3,10,11,12). The smallest absolute Gasteiger partial charge is 0.192 e. The lowest BCUT2D eigenvalue weighted by Gasteiger charge is -2.06. The van der Waals surface area contributed by atoms with Crippen molar-refractivity contribution in [1.82, 2.24) is 5.32 Å². The summed E-state index contributed by atoms with van der Waals surface area (Å²) in [5.41, 5.74) is 2.15. The van der Waals surface area contributed by atoms with Gasteiger partial charge >= 0.3 is 0 Å². The van der Waals surface area contributed by atoms with Crippen LogP contribution in [0.4, 0.5) is 5.69 Å². The first-order valence-corrected chi connectivity index (χ1v) is 3.82. The van der Waals surface area contributed by atoms with Gasteiger partial charge in [-0.25, -0.2) is 0 Å². The molecular formula is C9H13N3. The zero-order chi connectivity index (χ0) is 8.97. The summed E-state index contributed by atoms with van der Waals surface area (Å²) in [7, 11) is 1.71. The maximum absolute atomic E-state index is 7.31. The van der Waals surface area contributed by atoms with Crippen LogP contribution in [-0.2, 0) is 0 Å². The summed E-state index contributed by atoms with van der Waals surface area (Å²) in [5, 5.41) is 12.9. The third kappa shape index (κ3) is 2.27. The van der Waals surface area contributed by atoms with Crippen LogP contribution < -0.4 is 10.6 Å². The van der Waals surface area contributed by atoms with Crippen molar-refractivity contribution in [1.29, 1.82) is 5.41 Å². The molecular weight excluding hydrogens is 150 g/mol. The van der Waals surface area contributed by atoms with Crippen molar-refractivity contribution in [3.8, 4) is 0 Å². The molecule has 1 aromatic carbocycles. The lowest BCUT2D eigenvalue weighted by molar-refractivity contribution is 1.13. The van der Waals surface area contributed by atoms with Crippen LogP contribution in [0.2, 0.25) is 0 Å². The van der Waals surface area contributed by atoms with E-state index in [1.54, 1.807) is 7.05 Å². The maximum atomic E-state index is 7.31. The van der Waals surface area contributed by atoms with Crippen LogP contribution in [-0.4, -0.2) is 13.0 Å². The van der Waals surface area contributed by atoms with Gasteiger partial charge in [-0.05, 0) is 19.1 Å². The zero-order valence-electron chi connectivity index (χ0n) is 7.31. The molecule has 3 nitrogen and oxygen atoms in total. The van der Waals surface area contributed by atoms with Crippen molar-refractivity contribution >= 4 is 11.6 Å². The minimum absolute atomic E-state index is 0.304. The van der Waals surface area contributed by atoms with E-state index in [9.17, 15) is 0 Å². The van der Waals surface area contributed by atoms with Crippen LogP contribution in [0, 0.1) is 12.3 Å². The highest BCUT2D eigenvalue weighted by atomic mass is 15.1. The van der Waals surface area contributed by atoms with E-state index >= 15 is 0 Å². The Labute approximate surface area is 72.3 Å². The third-order valence-corrected chi connectivity index (χ3v) is 1.57. The lowest BCUT2D eigenvalue weighted by atomic mass is 10.2. The zero-order valence-corrected chi connectivity index (χ0v) is 7.31. The molecule has 0 bridgehead atoms. The molecule has 0 heterocycles. The molecule has 0 aliphatic rings. The van der Waals surface area contributed by atoms with E-state index in [2.05, 4.69) is 10.6 Å². The Morgan fingerprint density at radius 3 is 2.33 bits per heavy atom. The predicted molar refractivity (Wildman–Crippen MR) is 51.6 cm³/mol. The molecule has 0 fully saturated rings. The SMILES string of the molecule is CNC(=N)Nc1ccc(C)cc1. The fourth-order valence-electron chi connectivity index (χ4n) is 0.844. The molecule has 0 aromatic heterocycles. The molecule has 0 aliphatic carbocycles. The Hall–Kier alpha value is -1.51. The van der Waals surface area contributed by atoms with Crippen LogP contribution in [0.15, 0.2) is 24.3 Å². The molecule has 0 saturated carbocycles. The minimum atomic E-state index is 0.304. The fourth-order valence-corrected chi connectivity index (χ4v) is 0.844. The van der Waals surface area contributed by atoms with E-state index in [4.69, 9.17) is 5.41 Å². The highest BCUT2D eigenvalue weighted by Gasteiger charge is 1.92. The van der Waals surface area contributed by atoms with Gasteiger partial charge in [0.25, 0.3) is 0 Å². The highest BCUT2D eigenvalue weighted by Crippen LogP contribution is 2.07. The van der Waals surface area contributed by atoms with Crippen LogP contribution in [0.25, 0.3) is 0 Å². The fraction of sp³-hybridized carbons (Fsp3) is 0.222. The molecule has 3 N–H and O–H groups in total. The van der Waals surface area contributed by atoms with E-state index in [1.165, 1.54) is 5.56 Å². The summed E-state index contributed by atoms with van der Waals surface area (Å²) < 4.78 is 0. The van der Waals surface area contributed by atoms with Gasteiger partial charge in [0.05, 0.1) is 0 Å². The van der Waals surface area contributed by atoms with Gasteiger partial charge in [0, 0.05) is 12.7 Å². The molecule has 3 heteroatoms. The van der Waals surface area contributed by atoms with Gasteiger partial charge in [0.15, 0.2) is 5.96 Å². The number of anilines is 1. The van der Waals surface area contributed by atoms with Gasteiger partial charge < -0.3 is 10.6 Å². The monoisotopic (exact) mass is 163 g/mol. The second-order valence-corrected chi connectivity index (χ2v) is 2.62. The highest BCUT2D eigenvalue weighted by molar-refractivity contribution is 5.90. The van der Waals surface area contributed by atoms with E-state index in [-0.39, 0.29) is 0 Å². The Balaban J connectivity index is 2.64. The average molecular weight is 163 g/mol. The van der Waals surface area contributed by atoms with E-state index in [0.29, 0.717) is 5.96 Å². The molecule has 0 spiro atoms. The molecule has 12 heavy (non-hydrogen) atoms. The number of benzene rings is 1. The number of hydrogen-bond acceptors (Lipinski definition) is 1. The first-order chi connectivity index (χ1) is 5.72. The molecule has 0 amide bonds. The topological polar surface area (TPSA) is 47.9 Å². The predicted octanol–water partition coefficient (Wildman–Crippen LogP) is 1.56. The molecule has 0 radical (unpaired) electrons. The van der Waals surface area contributed by atoms with Crippen molar-refractivity contribution in [2.75, 3.05) is 12.4 Å². The van der Waals surface area contributed by atoms with Crippen molar-refractivity contribution in [3.05, 3.63) is 29.8 Å². The summed E-state index contributed by atoms with van der Waals surface area (Å²) in [6, 6.07) is 7.90. The summed E-state index contributed by atoms with van der Waals surface area (Å²) in [6.45, 7) is 2.03. The van der Waals surface area contributed by atoms with Gasteiger partial charge in [-0.1, -0.05) is 17.7 Å². The lowest BCUT2D eigenvalue weighted by Crippen LogP contribution is -2.25. The molecule has 1 rings (SSSR count). The van der Waals surface area contributed by atoms with Crippen molar-refractivity contribution < 1.29 is 0 Å². The largest absolute Gasteiger partial charge is 0.359 e. The van der Waals surface area contributed by atoms with Crippen LogP contribution in [0.5, 0.6) is 0 Å². The number of hydrogen-bond donors (Lipinski definition) is 3. The van der Waals surface area contributed by atoms with Crippen LogP contribution >= 0.6 is 0 Å². The van der Waals surface area contributed by atoms with Crippen molar-refractivity contribution in [2.24, 2.45) is 0 Å². The van der Waals surface area contributed by atoms with Gasteiger partial charge in [-0.15, -0.1) is 0 Å². The maximum Gasteiger partial charge on any atom is 0.192 e. The summed E-state index contributed by atoms with van der Waals surface area (Å²) in [4.78, 5) is 0. The van der Waals surface area contributed by atoms with Crippen molar-refractivity contribution in [3.63, 3.8) is 0 Å². The number of rotatable bonds is 1. The normalized spacial score (nSPS) is 9.17. The first kappa shape index (κ1) is 8.59. The second kappa shape index (κ2) is 3.76. The van der Waals surface area contributed by atoms with E-state index < -0.39 is 0 Å². The van der Waals surface area contributed by atoms with Gasteiger partial charge in [-0.2, -0.15) is 0 Å². The number of guanidine groups is 1. The Bertz CT molecular complexity index is 264. The first-order valence-electron chi connectivity index (χ1n) is 3.82. The Morgan fingerprint density at radius 1 is 1.25 bits per heavy atom. The average Bonchev–Trinajstić information content (AvgIpc) is 2.09.